The highest BCUT2D eigenvalue weighted by molar-refractivity contribution is 4.65. The minimum absolute atomic E-state index is 0.746. The zero-order valence-electron chi connectivity index (χ0n) is 11.0. The Kier molecular flexibility index (Phi) is 7.26. The van der Waals surface area contributed by atoms with Gasteiger partial charge in [0.05, 0.1) is 0 Å². The molecule has 0 saturated carbocycles. The van der Waals surface area contributed by atoms with Crippen LogP contribution in [-0.2, 0) is 0 Å². The van der Waals surface area contributed by atoms with Crippen molar-refractivity contribution in [3.05, 3.63) is 0 Å². The van der Waals surface area contributed by atoms with E-state index in [4.69, 9.17) is 0 Å². The van der Waals surface area contributed by atoms with E-state index in [1.165, 1.54) is 25.8 Å². The Morgan fingerprint density at radius 3 is 1.71 bits per heavy atom. The molecule has 0 saturated heterocycles. The summed E-state index contributed by atoms with van der Waals surface area (Å²) in [5.41, 5.74) is 0. The normalized spacial score (nSPS) is 14.4. The molecule has 0 N–H and O–H groups in total. The van der Waals surface area contributed by atoms with Gasteiger partial charge in [-0.25, -0.2) is 0 Å². The summed E-state index contributed by atoms with van der Waals surface area (Å²) >= 11 is 0. The fourth-order valence-corrected chi connectivity index (χ4v) is 1.48. The molecule has 1 unspecified atom stereocenters. The Bertz CT molecular complexity index is 113. The summed E-state index contributed by atoms with van der Waals surface area (Å²) in [7, 11) is 2.26. The van der Waals surface area contributed by atoms with E-state index in [0.717, 1.165) is 17.9 Å². The van der Waals surface area contributed by atoms with E-state index in [0.29, 0.717) is 0 Å². The fraction of sp³-hybridized carbons (Fsp3) is 1.00. The van der Waals surface area contributed by atoms with Crippen molar-refractivity contribution in [1.29, 1.82) is 0 Å². The molecular weight excluding hydrogens is 170 g/mol. The molecule has 0 heterocycles. The SMILES string of the molecule is CC(C)CCC(C)N(C)CCC(C)C. The highest BCUT2D eigenvalue weighted by atomic mass is 15.1. The molecule has 0 aromatic carbocycles. The molecule has 0 aliphatic carbocycles. The number of nitrogens with zero attached hydrogens (tertiary/aromatic N) is 1. The average Bonchev–Trinajstić information content (AvgIpc) is 2.09. The van der Waals surface area contributed by atoms with E-state index in [1.54, 1.807) is 0 Å². The predicted octanol–water partition coefficient (Wildman–Crippen LogP) is 3.79. The summed E-state index contributed by atoms with van der Waals surface area (Å²) in [5, 5.41) is 0. The largest absolute Gasteiger partial charge is 0.304 e. The Morgan fingerprint density at radius 2 is 1.29 bits per heavy atom. The van der Waals surface area contributed by atoms with Crippen LogP contribution in [0.1, 0.15) is 53.9 Å². The lowest BCUT2D eigenvalue weighted by molar-refractivity contribution is 0.224. The zero-order chi connectivity index (χ0) is 11.1. The van der Waals surface area contributed by atoms with Crippen LogP contribution in [0.3, 0.4) is 0 Å². The molecular formula is C13H29N. The van der Waals surface area contributed by atoms with Gasteiger partial charge < -0.3 is 4.90 Å². The highest BCUT2D eigenvalue weighted by Crippen LogP contribution is 2.11. The number of hydrogen-bond donors (Lipinski definition) is 0. The molecule has 0 spiro atoms. The molecule has 0 amide bonds. The van der Waals surface area contributed by atoms with Crippen LogP contribution in [-0.4, -0.2) is 24.5 Å². The lowest BCUT2D eigenvalue weighted by Crippen LogP contribution is -2.30. The standard InChI is InChI=1S/C13H29N/c1-11(2)7-8-13(5)14(6)10-9-12(3)4/h11-13H,7-10H2,1-6H3. The maximum absolute atomic E-state index is 2.50. The predicted molar refractivity (Wildman–Crippen MR) is 65.6 cm³/mol. The third-order valence-corrected chi connectivity index (χ3v) is 2.97. The van der Waals surface area contributed by atoms with Gasteiger partial charge in [0.2, 0.25) is 0 Å². The quantitative estimate of drug-likeness (QED) is 0.603. The molecule has 1 nitrogen and oxygen atoms in total. The summed E-state index contributed by atoms with van der Waals surface area (Å²) in [6.45, 7) is 12.8. The van der Waals surface area contributed by atoms with Gasteiger partial charge in [-0.3, -0.25) is 0 Å². The molecule has 0 aromatic heterocycles. The van der Waals surface area contributed by atoms with Crippen molar-refractivity contribution >= 4 is 0 Å². The molecule has 86 valence electrons. The minimum Gasteiger partial charge on any atom is -0.304 e. The summed E-state index contributed by atoms with van der Waals surface area (Å²) in [4.78, 5) is 2.50. The van der Waals surface area contributed by atoms with Crippen LogP contribution in [0.4, 0.5) is 0 Å². The van der Waals surface area contributed by atoms with Crippen molar-refractivity contribution in [2.75, 3.05) is 13.6 Å². The van der Waals surface area contributed by atoms with E-state index in [-0.39, 0.29) is 0 Å². The summed E-state index contributed by atoms with van der Waals surface area (Å²) < 4.78 is 0. The van der Waals surface area contributed by atoms with Crippen molar-refractivity contribution in [2.45, 2.75) is 59.9 Å². The maximum atomic E-state index is 2.50. The van der Waals surface area contributed by atoms with Gasteiger partial charge in [-0.2, -0.15) is 0 Å². The molecule has 0 radical (unpaired) electrons. The Labute approximate surface area is 90.9 Å². The van der Waals surface area contributed by atoms with Gasteiger partial charge in [0.15, 0.2) is 0 Å². The van der Waals surface area contributed by atoms with E-state index < -0.39 is 0 Å². The third-order valence-electron chi connectivity index (χ3n) is 2.97. The number of rotatable bonds is 7. The average molecular weight is 199 g/mol. The van der Waals surface area contributed by atoms with Crippen LogP contribution < -0.4 is 0 Å². The van der Waals surface area contributed by atoms with Crippen molar-refractivity contribution in [1.82, 2.24) is 4.90 Å². The van der Waals surface area contributed by atoms with Crippen LogP contribution in [0.5, 0.6) is 0 Å². The molecule has 1 heteroatoms. The molecule has 0 aliphatic rings. The van der Waals surface area contributed by atoms with E-state index in [1.807, 2.05) is 0 Å². The summed E-state index contributed by atoms with van der Waals surface area (Å²) in [6.07, 6.45) is 4.02. The highest BCUT2D eigenvalue weighted by Gasteiger charge is 2.09. The van der Waals surface area contributed by atoms with Gasteiger partial charge >= 0.3 is 0 Å². The van der Waals surface area contributed by atoms with Crippen molar-refractivity contribution in [3.8, 4) is 0 Å². The zero-order valence-corrected chi connectivity index (χ0v) is 11.0. The van der Waals surface area contributed by atoms with Gasteiger partial charge in [-0.15, -0.1) is 0 Å². The molecule has 0 aliphatic heterocycles. The minimum atomic E-state index is 0.746. The second-order valence-corrected chi connectivity index (χ2v) is 5.48. The van der Waals surface area contributed by atoms with Crippen LogP contribution >= 0.6 is 0 Å². The Morgan fingerprint density at radius 1 is 0.786 bits per heavy atom. The van der Waals surface area contributed by atoms with Crippen LogP contribution in [0, 0.1) is 11.8 Å². The molecule has 0 rings (SSSR count). The van der Waals surface area contributed by atoms with Gasteiger partial charge in [-0.05, 0) is 51.6 Å². The van der Waals surface area contributed by atoms with Crippen molar-refractivity contribution < 1.29 is 0 Å². The summed E-state index contributed by atoms with van der Waals surface area (Å²) in [6, 6.07) is 0.746. The third kappa shape index (κ3) is 7.37. The van der Waals surface area contributed by atoms with Gasteiger partial charge in [0, 0.05) is 6.04 Å². The fourth-order valence-electron chi connectivity index (χ4n) is 1.48. The number of hydrogen-bond acceptors (Lipinski definition) is 1. The lowest BCUT2D eigenvalue weighted by Gasteiger charge is -2.26. The lowest BCUT2D eigenvalue weighted by atomic mass is 10.0. The molecule has 14 heavy (non-hydrogen) atoms. The molecule has 0 bridgehead atoms. The van der Waals surface area contributed by atoms with Crippen molar-refractivity contribution in [3.63, 3.8) is 0 Å². The van der Waals surface area contributed by atoms with Crippen molar-refractivity contribution in [2.24, 2.45) is 11.8 Å². The Hall–Kier alpha value is -0.0400. The topological polar surface area (TPSA) is 3.24 Å². The maximum Gasteiger partial charge on any atom is 0.00639 e. The van der Waals surface area contributed by atoms with Crippen LogP contribution in [0.15, 0.2) is 0 Å². The molecule has 1 atom stereocenters. The second kappa shape index (κ2) is 7.28. The van der Waals surface area contributed by atoms with Crippen LogP contribution in [0.25, 0.3) is 0 Å². The molecule has 0 fully saturated rings. The first-order valence-corrected chi connectivity index (χ1v) is 6.13. The monoisotopic (exact) mass is 199 g/mol. The first-order valence-electron chi connectivity index (χ1n) is 6.13. The van der Waals surface area contributed by atoms with Gasteiger partial charge in [0.1, 0.15) is 0 Å². The summed E-state index contributed by atoms with van der Waals surface area (Å²) in [5.74, 6) is 1.67. The van der Waals surface area contributed by atoms with Gasteiger partial charge in [-0.1, -0.05) is 27.7 Å². The molecule has 0 aromatic rings. The first kappa shape index (κ1) is 14.0. The van der Waals surface area contributed by atoms with E-state index in [9.17, 15) is 0 Å². The van der Waals surface area contributed by atoms with Gasteiger partial charge in [0.25, 0.3) is 0 Å². The smallest absolute Gasteiger partial charge is 0.00639 e. The van der Waals surface area contributed by atoms with E-state index >= 15 is 0 Å². The Balaban J connectivity index is 3.59. The second-order valence-electron chi connectivity index (χ2n) is 5.48. The van der Waals surface area contributed by atoms with Crippen LogP contribution in [0.2, 0.25) is 0 Å². The van der Waals surface area contributed by atoms with E-state index in [2.05, 4.69) is 46.6 Å². The first-order chi connectivity index (χ1) is 6.43.